The average molecular weight is 609 g/mol. The molecule has 5 nitrogen and oxygen atoms in total. The van der Waals surface area contributed by atoms with E-state index in [2.05, 4.69) is 81.9 Å². The number of nitrogens with zero attached hydrogens (tertiary/aromatic N) is 3. The second-order valence-corrected chi connectivity index (χ2v) is 10.3. The van der Waals surface area contributed by atoms with E-state index in [4.69, 9.17) is 9.72 Å². The predicted octanol–water partition coefficient (Wildman–Crippen LogP) is 7.17. The minimum absolute atomic E-state index is 0.118. The van der Waals surface area contributed by atoms with Gasteiger partial charge in [-0.2, -0.15) is 0 Å². The summed E-state index contributed by atoms with van der Waals surface area (Å²) in [5.41, 5.74) is 4.71. The molecule has 0 spiro atoms. The summed E-state index contributed by atoms with van der Waals surface area (Å²) in [5.74, 6) is 1.23. The lowest BCUT2D eigenvalue weighted by molar-refractivity contribution is 0.414. The molecule has 186 valence electrons. The van der Waals surface area contributed by atoms with Crippen LogP contribution < -0.4 is 10.3 Å². The Morgan fingerprint density at radius 1 is 0.868 bits per heavy atom. The minimum atomic E-state index is -0.118. The molecule has 0 unspecified atom stereocenters. The number of ether oxygens (including phenoxy) is 1. The summed E-state index contributed by atoms with van der Waals surface area (Å²) >= 11 is 2.22. The lowest BCUT2D eigenvalue weighted by atomic mass is 10.1. The van der Waals surface area contributed by atoms with Crippen LogP contribution in [0.4, 0.5) is 0 Å². The quantitative estimate of drug-likeness (QED) is 0.188. The third kappa shape index (κ3) is 4.63. The number of halogens is 1. The SMILES string of the molecule is COc1cccc(-n2c(/C=C/c3cn(Cc4ccccc4)c4ccccc34)nc3ccc(I)cc3c2=O)c1. The van der Waals surface area contributed by atoms with Gasteiger partial charge >= 0.3 is 0 Å². The Morgan fingerprint density at radius 2 is 1.68 bits per heavy atom. The number of fused-ring (bicyclic) bond motifs is 2. The molecule has 0 aliphatic heterocycles. The molecule has 0 atom stereocenters. The second-order valence-electron chi connectivity index (χ2n) is 9.02. The van der Waals surface area contributed by atoms with Crippen molar-refractivity contribution in [2.24, 2.45) is 0 Å². The zero-order valence-corrected chi connectivity index (χ0v) is 22.9. The maximum absolute atomic E-state index is 13.8. The van der Waals surface area contributed by atoms with E-state index in [0.717, 1.165) is 26.6 Å². The minimum Gasteiger partial charge on any atom is -0.497 e. The van der Waals surface area contributed by atoms with Gasteiger partial charge in [-0.1, -0.05) is 54.6 Å². The van der Waals surface area contributed by atoms with Crippen molar-refractivity contribution >= 4 is 56.5 Å². The van der Waals surface area contributed by atoms with Crippen LogP contribution in [0.3, 0.4) is 0 Å². The first-order chi connectivity index (χ1) is 18.6. The Bertz CT molecular complexity index is 1870. The van der Waals surface area contributed by atoms with Crippen LogP contribution in [0.1, 0.15) is 17.0 Å². The van der Waals surface area contributed by atoms with Gasteiger partial charge in [-0.15, -0.1) is 0 Å². The normalized spacial score (nSPS) is 11.5. The maximum Gasteiger partial charge on any atom is 0.266 e. The number of aromatic nitrogens is 3. The Hall–Kier alpha value is -4.17. The van der Waals surface area contributed by atoms with Crippen molar-refractivity contribution < 1.29 is 4.74 Å². The van der Waals surface area contributed by atoms with Gasteiger partial charge in [-0.3, -0.25) is 9.36 Å². The van der Waals surface area contributed by atoms with Crippen molar-refractivity contribution in [3.8, 4) is 11.4 Å². The largest absolute Gasteiger partial charge is 0.497 e. The summed E-state index contributed by atoms with van der Waals surface area (Å²) in [6, 6.07) is 32.0. The molecule has 0 fully saturated rings. The molecule has 2 heterocycles. The Kier molecular flexibility index (Phi) is 6.55. The molecule has 0 saturated carbocycles. The van der Waals surface area contributed by atoms with Crippen molar-refractivity contribution in [1.29, 1.82) is 0 Å². The first-order valence-electron chi connectivity index (χ1n) is 12.3. The topological polar surface area (TPSA) is 49.0 Å². The monoisotopic (exact) mass is 609 g/mol. The fraction of sp³-hybridized carbons (Fsp3) is 0.0625. The fourth-order valence-corrected chi connectivity index (χ4v) is 5.26. The highest BCUT2D eigenvalue weighted by Gasteiger charge is 2.13. The van der Waals surface area contributed by atoms with E-state index in [-0.39, 0.29) is 5.56 Å². The summed E-state index contributed by atoms with van der Waals surface area (Å²) < 4.78 is 10.3. The zero-order chi connectivity index (χ0) is 26.1. The van der Waals surface area contributed by atoms with E-state index in [1.807, 2.05) is 60.7 Å². The van der Waals surface area contributed by atoms with E-state index in [9.17, 15) is 4.79 Å². The molecule has 0 saturated heterocycles. The Labute approximate surface area is 233 Å². The summed E-state index contributed by atoms with van der Waals surface area (Å²) in [7, 11) is 1.62. The Balaban J connectivity index is 1.51. The highest BCUT2D eigenvalue weighted by molar-refractivity contribution is 14.1. The van der Waals surface area contributed by atoms with Gasteiger partial charge < -0.3 is 9.30 Å². The van der Waals surface area contributed by atoms with Crippen molar-refractivity contribution in [1.82, 2.24) is 14.1 Å². The molecule has 4 aromatic carbocycles. The second kappa shape index (κ2) is 10.3. The molecule has 0 aliphatic carbocycles. The molecule has 0 bridgehead atoms. The molecule has 6 rings (SSSR count). The first-order valence-corrected chi connectivity index (χ1v) is 13.4. The third-order valence-corrected chi connectivity index (χ3v) is 7.27. The van der Waals surface area contributed by atoms with Crippen LogP contribution in [0.2, 0.25) is 0 Å². The molecule has 6 heteroatoms. The van der Waals surface area contributed by atoms with Crippen LogP contribution >= 0.6 is 22.6 Å². The van der Waals surface area contributed by atoms with Crippen LogP contribution in [0, 0.1) is 3.57 Å². The Morgan fingerprint density at radius 3 is 2.53 bits per heavy atom. The van der Waals surface area contributed by atoms with Gasteiger partial charge in [0.1, 0.15) is 11.6 Å². The maximum atomic E-state index is 13.8. The molecule has 0 radical (unpaired) electrons. The highest BCUT2D eigenvalue weighted by atomic mass is 127. The molecule has 2 aromatic heterocycles. The molecule has 0 N–H and O–H groups in total. The van der Waals surface area contributed by atoms with Crippen LogP contribution in [0.5, 0.6) is 5.75 Å². The van der Waals surface area contributed by atoms with Gasteiger partial charge in [0.2, 0.25) is 0 Å². The molecule has 6 aromatic rings. The number of benzene rings is 4. The van der Waals surface area contributed by atoms with Gasteiger partial charge in [0, 0.05) is 38.8 Å². The van der Waals surface area contributed by atoms with Crippen molar-refractivity contribution in [2.75, 3.05) is 7.11 Å². The van der Waals surface area contributed by atoms with Crippen LogP contribution in [0.25, 0.3) is 39.6 Å². The van der Waals surface area contributed by atoms with Crippen molar-refractivity contribution in [2.45, 2.75) is 6.54 Å². The molecule has 0 aliphatic rings. The summed E-state index contributed by atoms with van der Waals surface area (Å²) in [6.07, 6.45) is 6.12. The van der Waals surface area contributed by atoms with Crippen molar-refractivity contribution in [3.05, 3.63) is 134 Å². The molecule has 38 heavy (non-hydrogen) atoms. The average Bonchev–Trinajstić information content (AvgIpc) is 3.30. The highest BCUT2D eigenvalue weighted by Crippen LogP contribution is 2.25. The van der Waals surface area contributed by atoms with E-state index in [1.54, 1.807) is 11.7 Å². The van der Waals surface area contributed by atoms with E-state index in [1.165, 1.54) is 5.56 Å². The number of rotatable bonds is 6. The lowest BCUT2D eigenvalue weighted by Gasteiger charge is -2.12. The van der Waals surface area contributed by atoms with Gasteiger partial charge in [-0.25, -0.2) is 4.98 Å². The van der Waals surface area contributed by atoms with Gasteiger partial charge in [-0.05, 0) is 76.7 Å². The summed E-state index contributed by atoms with van der Waals surface area (Å²) in [4.78, 5) is 18.7. The molecular weight excluding hydrogens is 585 g/mol. The fourth-order valence-electron chi connectivity index (χ4n) is 4.77. The van der Waals surface area contributed by atoms with E-state index in [0.29, 0.717) is 28.2 Å². The zero-order valence-electron chi connectivity index (χ0n) is 20.7. The summed E-state index contributed by atoms with van der Waals surface area (Å²) in [5, 5.41) is 1.72. The standard InChI is InChI=1S/C32H24IN3O2/c1-38-26-11-7-10-25(19-26)36-31(34-29-16-15-24(33)18-28(29)32(36)37)17-14-23-21-35(20-22-8-3-2-4-9-22)30-13-6-5-12-27(23)30/h2-19,21H,20H2,1H3/b17-14+. The lowest BCUT2D eigenvalue weighted by Crippen LogP contribution is -2.22. The number of para-hydroxylation sites is 1. The smallest absolute Gasteiger partial charge is 0.266 e. The van der Waals surface area contributed by atoms with Crippen LogP contribution in [0.15, 0.2) is 108 Å². The number of methoxy groups -OCH3 is 1. The molecule has 0 amide bonds. The third-order valence-electron chi connectivity index (χ3n) is 6.59. The van der Waals surface area contributed by atoms with Gasteiger partial charge in [0.25, 0.3) is 5.56 Å². The van der Waals surface area contributed by atoms with E-state index < -0.39 is 0 Å². The van der Waals surface area contributed by atoms with Crippen molar-refractivity contribution in [3.63, 3.8) is 0 Å². The van der Waals surface area contributed by atoms with E-state index >= 15 is 0 Å². The van der Waals surface area contributed by atoms with Crippen LogP contribution in [-0.2, 0) is 6.54 Å². The number of hydrogen-bond donors (Lipinski definition) is 0. The van der Waals surface area contributed by atoms with Crippen LogP contribution in [-0.4, -0.2) is 21.2 Å². The first kappa shape index (κ1) is 24.2. The van der Waals surface area contributed by atoms with Gasteiger partial charge in [0.15, 0.2) is 0 Å². The molecular formula is C32H24IN3O2. The summed E-state index contributed by atoms with van der Waals surface area (Å²) in [6.45, 7) is 0.774. The predicted molar refractivity (Wildman–Crippen MR) is 163 cm³/mol. The van der Waals surface area contributed by atoms with Gasteiger partial charge in [0.05, 0.1) is 23.7 Å². The number of hydrogen-bond acceptors (Lipinski definition) is 3.